The monoisotopic (exact) mass is 406 g/mol. The lowest BCUT2D eigenvalue weighted by Gasteiger charge is -2.40. The van der Waals surface area contributed by atoms with Crippen molar-refractivity contribution in [2.75, 3.05) is 13.7 Å². The van der Waals surface area contributed by atoms with Gasteiger partial charge in [0, 0.05) is 10.5 Å². The van der Waals surface area contributed by atoms with Crippen LogP contribution in [0.25, 0.3) is 11.0 Å². The number of hydrogen-bond acceptors (Lipinski definition) is 3. The highest BCUT2D eigenvalue weighted by Crippen LogP contribution is 2.45. The van der Waals surface area contributed by atoms with E-state index in [1.54, 1.807) is 0 Å². The first-order valence-corrected chi connectivity index (χ1v) is 11.6. The smallest absolute Gasteiger partial charge is 0.397 e. The van der Waals surface area contributed by atoms with Crippen LogP contribution >= 0.6 is 34.0 Å². The second kappa shape index (κ2) is 6.91. The van der Waals surface area contributed by atoms with Crippen molar-refractivity contribution < 1.29 is 4.28 Å². The summed E-state index contributed by atoms with van der Waals surface area (Å²) in [6, 6.07) is 24.3. The summed E-state index contributed by atoms with van der Waals surface area (Å²) in [5, 5.41) is 6.60. The average molecular weight is 406 g/mol. The van der Waals surface area contributed by atoms with E-state index in [2.05, 4.69) is 94.3 Å². The SMILES string of the molecule is C[O+]1CC(c2ccccc2)=C(c2cccs2)[B-]1(c1cccs1)c1cccs1. The topological polar surface area (TPSA) is 2.70 Å². The van der Waals surface area contributed by atoms with E-state index < -0.39 is 6.35 Å². The molecule has 1 aliphatic rings. The van der Waals surface area contributed by atoms with Crippen LogP contribution in [0.4, 0.5) is 0 Å². The highest BCUT2D eigenvalue weighted by Gasteiger charge is 2.53. The van der Waals surface area contributed by atoms with E-state index in [1.165, 1.54) is 31.0 Å². The fourth-order valence-electron chi connectivity index (χ4n) is 4.40. The van der Waals surface area contributed by atoms with Crippen molar-refractivity contribution in [3.05, 3.63) is 93.3 Å². The maximum absolute atomic E-state index is 3.60. The standard InChI is InChI=1S/C22H19BOS3/c1-24-16-18(17-8-3-2-4-9-17)22(19-10-5-13-25-19)23(24,20-11-6-14-26-20)21-12-7-15-27-21/h2-15H,16H2,1H3. The molecule has 0 radical (unpaired) electrons. The van der Waals surface area contributed by atoms with Crippen LogP contribution < -0.4 is 9.55 Å². The number of thiophene rings is 3. The lowest BCUT2D eigenvalue weighted by molar-refractivity contribution is 0.0936. The van der Waals surface area contributed by atoms with Gasteiger partial charge in [-0.25, -0.2) is 0 Å². The van der Waals surface area contributed by atoms with Crippen molar-refractivity contribution in [3.63, 3.8) is 0 Å². The van der Waals surface area contributed by atoms with Crippen LogP contribution in [0.1, 0.15) is 10.4 Å². The average Bonchev–Trinajstić information content (AvgIpc) is 3.47. The predicted molar refractivity (Wildman–Crippen MR) is 123 cm³/mol. The molecule has 0 spiro atoms. The second-order valence-corrected chi connectivity index (χ2v) is 9.79. The van der Waals surface area contributed by atoms with Crippen LogP contribution in [0.15, 0.2) is 82.9 Å². The molecule has 5 rings (SSSR count). The Morgan fingerprint density at radius 1 is 0.741 bits per heavy atom. The fourth-order valence-corrected chi connectivity index (χ4v) is 7.50. The van der Waals surface area contributed by atoms with E-state index in [0.717, 1.165) is 6.61 Å². The molecule has 1 nitrogen and oxygen atoms in total. The summed E-state index contributed by atoms with van der Waals surface area (Å²) >= 11 is 5.57. The minimum Gasteiger partial charge on any atom is -0.658 e. The first-order chi connectivity index (χ1) is 13.3. The highest BCUT2D eigenvalue weighted by atomic mass is 32.1. The van der Waals surface area contributed by atoms with E-state index in [-0.39, 0.29) is 0 Å². The van der Waals surface area contributed by atoms with Gasteiger partial charge < -0.3 is 4.28 Å². The molecule has 27 heavy (non-hydrogen) atoms. The van der Waals surface area contributed by atoms with Crippen molar-refractivity contribution in [1.82, 2.24) is 0 Å². The molecule has 0 bridgehead atoms. The van der Waals surface area contributed by atoms with Crippen LogP contribution in [0.3, 0.4) is 0 Å². The lowest BCUT2D eigenvalue weighted by atomic mass is 9.33. The summed E-state index contributed by atoms with van der Waals surface area (Å²) in [4.78, 5) is 1.37. The summed E-state index contributed by atoms with van der Waals surface area (Å²) in [6.45, 7) is 0.882. The number of rotatable bonds is 4. The lowest BCUT2D eigenvalue weighted by Crippen LogP contribution is -2.62. The van der Waals surface area contributed by atoms with Gasteiger partial charge in [-0.3, -0.25) is 0 Å². The van der Waals surface area contributed by atoms with Gasteiger partial charge in [-0.2, -0.15) is 22.7 Å². The van der Waals surface area contributed by atoms with Crippen molar-refractivity contribution in [1.29, 1.82) is 0 Å². The molecular weight excluding hydrogens is 387 g/mol. The van der Waals surface area contributed by atoms with Gasteiger partial charge in [0.15, 0.2) is 0 Å². The third-order valence-electron chi connectivity index (χ3n) is 5.50. The highest BCUT2D eigenvalue weighted by molar-refractivity contribution is 7.40. The van der Waals surface area contributed by atoms with Crippen molar-refractivity contribution in [3.8, 4) is 0 Å². The molecule has 0 aliphatic carbocycles. The van der Waals surface area contributed by atoms with Gasteiger partial charge in [0.05, 0.1) is 7.11 Å². The van der Waals surface area contributed by atoms with Gasteiger partial charge >= 0.3 is 6.35 Å². The number of hydrogen-bond donors (Lipinski definition) is 0. The minimum atomic E-state index is -1.20. The second-order valence-electron chi connectivity index (χ2n) is 6.89. The molecule has 134 valence electrons. The van der Waals surface area contributed by atoms with E-state index in [9.17, 15) is 0 Å². The summed E-state index contributed by atoms with van der Waals surface area (Å²) in [5.41, 5.74) is 4.21. The Morgan fingerprint density at radius 2 is 1.37 bits per heavy atom. The summed E-state index contributed by atoms with van der Waals surface area (Å²) in [6.07, 6.45) is -1.20. The maximum Gasteiger partial charge on any atom is 0.397 e. The Hall–Kier alpha value is -1.92. The van der Waals surface area contributed by atoms with Gasteiger partial charge in [-0.15, -0.1) is 11.3 Å². The molecule has 0 N–H and O–H groups in total. The first-order valence-electron chi connectivity index (χ1n) is 9.00. The molecule has 4 aromatic rings. The first kappa shape index (κ1) is 17.2. The molecule has 1 aromatic carbocycles. The summed E-state index contributed by atoms with van der Waals surface area (Å²) in [5.74, 6) is 0. The van der Waals surface area contributed by atoms with Gasteiger partial charge in [0.1, 0.15) is 6.61 Å². The maximum atomic E-state index is 3.60. The van der Waals surface area contributed by atoms with E-state index >= 15 is 0 Å². The zero-order chi connectivity index (χ0) is 18.3. The van der Waals surface area contributed by atoms with E-state index in [0.29, 0.717) is 0 Å². The fraction of sp³-hybridized carbons (Fsp3) is 0.0909. The molecule has 0 atom stereocenters. The Kier molecular flexibility index (Phi) is 4.41. The van der Waals surface area contributed by atoms with Crippen molar-refractivity contribution >= 4 is 61.0 Å². The van der Waals surface area contributed by atoms with Crippen LogP contribution in [-0.4, -0.2) is 20.1 Å². The molecule has 4 heterocycles. The third kappa shape index (κ3) is 2.61. The summed E-state index contributed by atoms with van der Waals surface area (Å²) < 4.78 is 6.43. The quantitative estimate of drug-likeness (QED) is 0.321. The summed E-state index contributed by atoms with van der Waals surface area (Å²) in [7, 11) is 2.21. The van der Waals surface area contributed by atoms with Gasteiger partial charge in [0.25, 0.3) is 0 Å². The van der Waals surface area contributed by atoms with Crippen LogP contribution in [-0.2, 0) is 4.28 Å². The van der Waals surface area contributed by atoms with E-state index in [4.69, 9.17) is 0 Å². The van der Waals surface area contributed by atoms with Crippen LogP contribution in [0, 0.1) is 0 Å². The Balaban J connectivity index is 1.88. The molecule has 0 saturated carbocycles. The Bertz CT molecular complexity index is 1010. The zero-order valence-electron chi connectivity index (χ0n) is 15.0. The van der Waals surface area contributed by atoms with Crippen molar-refractivity contribution in [2.45, 2.75) is 0 Å². The molecule has 3 aromatic heterocycles. The Morgan fingerprint density at radius 3 is 1.93 bits per heavy atom. The largest absolute Gasteiger partial charge is 0.658 e. The number of benzene rings is 1. The zero-order valence-corrected chi connectivity index (χ0v) is 17.4. The van der Waals surface area contributed by atoms with Crippen LogP contribution in [0.2, 0.25) is 0 Å². The molecular formula is C22H19BOS3. The Labute approximate surface area is 171 Å². The van der Waals surface area contributed by atoms with Gasteiger partial charge in [0.2, 0.25) is 0 Å². The molecule has 5 heteroatoms. The van der Waals surface area contributed by atoms with Crippen molar-refractivity contribution in [2.24, 2.45) is 0 Å². The molecule has 0 fully saturated rings. The van der Waals surface area contributed by atoms with E-state index in [1.807, 2.05) is 34.0 Å². The molecule has 0 saturated heterocycles. The minimum absolute atomic E-state index is 0.882. The van der Waals surface area contributed by atoms with Crippen LogP contribution in [0.5, 0.6) is 0 Å². The normalized spacial score (nSPS) is 16.9. The van der Waals surface area contributed by atoms with Gasteiger partial charge in [-0.1, -0.05) is 75.7 Å². The van der Waals surface area contributed by atoms with Gasteiger partial charge in [-0.05, 0) is 27.8 Å². The molecule has 1 aliphatic heterocycles. The molecule has 0 amide bonds. The molecule has 0 unspecified atom stereocenters. The predicted octanol–water partition coefficient (Wildman–Crippen LogP) is 5.28. The third-order valence-corrected chi connectivity index (χ3v) is 8.47.